The molecular formula is C13H20O2Si. The molecule has 0 aliphatic carbocycles. The molecule has 3 heteroatoms. The highest BCUT2D eigenvalue weighted by Crippen LogP contribution is 2.15. The number of benzene rings is 1. The zero-order valence-electron chi connectivity index (χ0n) is 10.3. The van der Waals surface area contributed by atoms with Crippen LogP contribution in [0.5, 0.6) is 0 Å². The van der Waals surface area contributed by atoms with Gasteiger partial charge in [0.2, 0.25) is 0 Å². The first-order chi connectivity index (χ1) is 7.72. The number of hydrogen-bond donors (Lipinski definition) is 0. The highest BCUT2D eigenvalue weighted by molar-refractivity contribution is 6.81. The van der Waals surface area contributed by atoms with Gasteiger partial charge in [0.15, 0.2) is 0 Å². The van der Waals surface area contributed by atoms with Crippen LogP contribution in [-0.2, 0) is 8.85 Å². The van der Waals surface area contributed by atoms with Crippen molar-refractivity contribution in [3.05, 3.63) is 36.4 Å². The lowest BCUT2D eigenvalue weighted by Gasteiger charge is -2.27. The third kappa shape index (κ3) is 2.61. The summed E-state index contributed by atoms with van der Waals surface area (Å²) in [5, 5.41) is 1.19. The zero-order chi connectivity index (χ0) is 12.0. The predicted octanol–water partition coefficient (Wildman–Crippen LogP) is 2.68. The molecule has 0 aliphatic heterocycles. The molecule has 0 heterocycles. The third-order valence-electron chi connectivity index (χ3n) is 2.82. The monoisotopic (exact) mass is 236 g/mol. The quantitative estimate of drug-likeness (QED) is 0.707. The van der Waals surface area contributed by atoms with E-state index in [1.807, 2.05) is 6.08 Å². The fourth-order valence-corrected chi connectivity index (χ4v) is 4.54. The first-order valence-electron chi connectivity index (χ1n) is 5.55. The van der Waals surface area contributed by atoms with Crippen LogP contribution in [0, 0.1) is 0 Å². The Kier molecular flexibility index (Phi) is 4.93. The zero-order valence-corrected chi connectivity index (χ0v) is 11.3. The summed E-state index contributed by atoms with van der Waals surface area (Å²) in [4.78, 5) is 0. The van der Waals surface area contributed by atoms with E-state index in [1.54, 1.807) is 14.2 Å². The molecule has 0 unspecified atom stereocenters. The first kappa shape index (κ1) is 13.2. The highest BCUT2D eigenvalue weighted by atomic mass is 28.4. The second-order valence-electron chi connectivity index (χ2n) is 3.74. The first-order valence-corrected chi connectivity index (χ1v) is 7.58. The van der Waals surface area contributed by atoms with Gasteiger partial charge in [0, 0.05) is 14.2 Å². The van der Waals surface area contributed by atoms with Crippen molar-refractivity contribution in [2.45, 2.75) is 19.4 Å². The van der Waals surface area contributed by atoms with E-state index < -0.39 is 8.56 Å². The maximum absolute atomic E-state index is 5.68. The van der Waals surface area contributed by atoms with Crippen LogP contribution in [0.2, 0.25) is 6.04 Å². The summed E-state index contributed by atoms with van der Waals surface area (Å²) < 4.78 is 11.4. The topological polar surface area (TPSA) is 18.5 Å². The van der Waals surface area contributed by atoms with Gasteiger partial charge in [0.05, 0.1) is 0 Å². The van der Waals surface area contributed by atoms with E-state index in [9.17, 15) is 0 Å². The molecule has 0 atom stereocenters. The van der Waals surface area contributed by atoms with E-state index in [2.05, 4.69) is 37.8 Å². The Hall–Kier alpha value is -0.903. The summed E-state index contributed by atoms with van der Waals surface area (Å²) in [7, 11) is 1.30. The molecule has 2 nitrogen and oxygen atoms in total. The van der Waals surface area contributed by atoms with E-state index in [0.717, 1.165) is 18.0 Å². The fraction of sp³-hybridized carbons (Fsp3) is 0.385. The van der Waals surface area contributed by atoms with Crippen LogP contribution >= 0.6 is 0 Å². The molecule has 0 bridgehead atoms. The minimum Gasteiger partial charge on any atom is -0.394 e. The summed E-state index contributed by atoms with van der Waals surface area (Å²) >= 11 is 0. The lowest BCUT2D eigenvalue weighted by atomic mass is 10.2. The van der Waals surface area contributed by atoms with Crippen molar-refractivity contribution >= 4 is 19.8 Å². The van der Waals surface area contributed by atoms with Gasteiger partial charge in [-0.1, -0.05) is 50.3 Å². The lowest BCUT2D eigenvalue weighted by Crippen LogP contribution is -2.52. The van der Waals surface area contributed by atoms with Gasteiger partial charge in [0.1, 0.15) is 0 Å². The highest BCUT2D eigenvalue weighted by Gasteiger charge is 2.36. The minimum absolute atomic E-state index is 0.980. The van der Waals surface area contributed by atoms with Crippen LogP contribution in [0.15, 0.2) is 30.8 Å². The van der Waals surface area contributed by atoms with Crippen molar-refractivity contribution in [3.63, 3.8) is 0 Å². The van der Waals surface area contributed by atoms with Crippen LogP contribution in [0.25, 0.3) is 6.08 Å². The molecule has 0 spiro atoms. The van der Waals surface area contributed by atoms with Gasteiger partial charge in [0.25, 0.3) is 0 Å². The van der Waals surface area contributed by atoms with Crippen LogP contribution < -0.4 is 5.19 Å². The van der Waals surface area contributed by atoms with Crippen molar-refractivity contribution < 1.29 is 8.85 Å². The van der Waals surface area contributed by atoms with Crippen LogP contribution in [0.1, 0.15) is 18.9 Å². The van der Waals surface area contributed by atoms with E-state index in [1.165, 1.54) is 5.19 Å². The maximum Gasteiger partial charge on any atom is 0.371 e. The Bertz CT molecular complexity index is 328. The molecule has 0 saturated heterocycles. The van der Waals surface area contributed by atoms with Crippen LogP contribution in [-0.4, -0.2) is 22.8 Å². The minimum atomic E-state index is -2.19. The molecule has 1 aromatic carbocycles. The van der Waals surface area contributed by atoms with Gasteiger partial charge in [-0.15, -0.1) is 0 Å². The van der Waals surface area contributed by atoms with Gasteiger partial charge in [-0.25, -0.2) is 0 Å². The summed E-state index contributed by atoms with van der Waals surface area (Å²) in [5.41, 5.74) is 1.12. The Morgan fingerprint density at radius 1 is 1.19 bits per heavy atom. The van der Waals surface area contributed by atoms with E-state index >= 15 is 0 Å². The van der Waals surface area contributed by atoms with Crippen LogP contribution in [0.3, 0.4) is 0 Å². The summed E-state index contributed by atoms with van der Waals surface area (Å²) in [6.45, 7) is 5.90. The van der Waals surface area contributed by atoms with E-state index in [0.29, 0.717) is 0 Å². The molecular weight excluding hydrogens is 216 g/mol. The lowest BCUT2D eigenvalue weighted by molar-refractivity contribution is 0.257. The summed E-state index contributed by atoms with van der Waals surface area (Å²) in [6.07, 6.45) is 2.91. The number of hydrogen-bond acceptors (Lipinski definition) is 2. The second kappa shape index (κ2) is 5.99. The maximum atomic E-state index is 5.68. The van der Waals surface area contributed by atoms with Crippen molar-refractivity contribution in [1.29, 1.82) is 0 Å². The summed E-state index contributed by atoms with van der Waals surface area (Å²) in [5.74, 6) is 0. The van der Waals surface area contributed by atoms with Crippen molar-refractivity contribution in [1.82, 2.24) is 0 Å². The Balaban J connectivity index is 3.04. The molecule has 88 valence electrons. The number of rotatable bonds is 6. The Morgan fingerprint density at radius 3 is 2.12 bits per heavy atom. The fourth-order valence-electron chi connectivity index (χ4n) is 1.87. The van der Waals surface area contributed by atoms with Gasteiger partial charge in [-0.3, -0.25) is 0 Å². The molecule has 16 heavy (non-hydrogen) atoms. The molecule has 0 aliphatic rings. The summed E-state index contributed by atoms with van der Waals surface area (Å²) in [6, 6.07) is 9.26. The molecule has 0 N–H and O–H groups in total. The average Bonchev–Trinajstić information content (AvgIpc) is 2.36. The molecule has 1 aromatic rings. The predicted molar refractivity (Wildman–Crippen MR) is 71.0 cm³/mol. The van der Waals surface area contributed by atoms with E-state index in [4.69, 9.17) is 8.85 Å². The van der Waals surface area contributed by atoms with Crippen molar-refractivity contribution in [2.75, 3.05) is 14.2 Å². The van der Waals surface area contributed by atoms with Gasteiger partial charge < -0.3 is 8.85 Å². The van der Waals surface area contributed by atoms with Gasteiger partial charge in [-0.05, 0) is 16.8 Å². The second-order valence-corrected chi connectivity index (χ2v) is 7.14. The van der Waals surface area contributed by atoms with Crippen molar-refractivity contribution in [3.8, 4) is 0 Å². The SMILES string of the molecule is C=Cc1ccc([Si](CCC)(OC)OC)cc1. The molecule has 0 fully saturated rings. The van der Waals surface area contributed by atoms with E-state index in [-0.39, 0.29) is 0 Å². The molecule has 0 amide bonds. The van der Waals surface area contributed by atoms with Crippen LogP contribution in [0.4, 0.5) is 0 Å². The normalized spacial score (nSPS) is 11.4. The Morgan fingerprint density at radius 2 is 1.75 bits per heavy atom. The largest absolute Gasteiger partial charge is 0.394 e. The smallest absolute Gasteiger partial charge is 0.371 e. The Labute approximate surface area is 99.2 Å². The average molecular weight is 236 g/mol. The van der Waals surface area contributed by atoms with Gasteiger partial charge in [-0.2, -0.15) is 0 Å². The van der Waals surface area contributed by atoms with Gasteiger partial charge >= 0.3 is 8.56 Å². The molecule has 0 saturated carbocycles. The molecule has 0 radical (unpaired) electrons. The standard InChI is InChI=1S/C13H20O2Si/c1-5-11-16(14-3,15-4)13-9-7-12(6-2)8-10-13/h6-10H,2,5,11H2,1,3-4H3. The molecule has 1 rings (SSSR count). The third-order valence-corrected chi connectivity index (χ3v) is 6.51. The molecule has 0 aromatic heterocycles. The van der Waals surface area contributed by atoms with Crippen molar-refractivity contribution in [2.24, 2.45) is 0 Å².